The molecule has 1 aromatic carbocycles. The topological polar surface area (TPSA) is 74.7 Å². The summed E-state index contributed by atoms with van der Waals surface area (Å²) in [6.45, 7) is 0.416. The van der Waals surface area contributed by atoms with Gasteiger partial charge in [-0.25, -0.2) is 13.2 Å². The van der Waals surface area contributed by atoms with Gasteiger partial charge in [-0.3, -0.25) is 4.31 Å². The van der Waals surface area contributed by atoms with Crippen molar-refractivity contribution in [1.82, 2.24) is 0 Å². The van der Waals surface area contributed by atoms with Gasteiger partial charge in [-0.15, -0.1) is 11.3 Å². The second-order valence-corrected chi connectivity index (χ2v) is 7.91. The highest BCUT2D eigenvalue weighted by molar-refractivity contribution is 7.94. The summed E-state index contributed by atoms with van der Waals surface area (Å²) in [7, 11) is -3.70. The number of aryl methyl sites for hydroxylation is 1. The molecule has 0 atom stereocenters. The molecule has 2 aromatic rings. The molecule has 0 aliphatic carbocycles. The molecule has 110 valence electrons. The van der Waals surface area contributed by atoms with Crippen molar-refractivity contribution in [1.29, 1.82) is 0 Å². The molecule has 0 unspecified atom stereocenters. The Morgan fingerprint density at radius 3 is 2.67 bits per heavy atom. The van der Waals surface area contributed by atoms with Crippen molar-refractivity contribution < 1.29 is 18.3 Å². The lowest BCUT2D eigenvalue weighted by atomic mass is 10.0. The van der Waals surface area contributed by atoms with Gasteiger partial charge < -0.3 is 5.11 Å². The standard InChI is InChI=1S/C14H13NO4S2/c16-14(17)12-7-8-13(20-12)21(18,19)15-9-3-5-10-4-1-2-6-11(10)15/h1-2,4,6-8H,3,5,9H2,(H,16,17). The number of thiophene rings is 1. The van der Waals surface area contributed by atoms with Gasteiger partial charge in [0.25, 0.3) is 10.0 Å². The number of carboxylic acid groups (broad SMARTS) is 1. The quantitative estimate of drug-likeness (QED) is 0.942. The third kappa shape index (κ3) is 2.43. The van der Waals surface area contributed by atoms with Gasteiger partial charge in [0.2, 0.25) is 0 Å². The molecule has 7 heteroatoms. The summed E-state index contributed by atoms with van der Waals surface area (Å²) >= 11 is 0.787. The van der Waals surface area contributed by atoms with E-state index < -0.39 is 16.0 Å². The van der Waals surface area contributed by atoms with E-state index in [1.807, 2.05) is 18.2 Å². The molecule has 0 amide bonds. The first kappa shape index (κ1) is 14.1. The van der Waals surface area contributed by atoms with E-state index in [9.17, 15) is 13.2 Å². The number of nitrogens with zero attached hydrogens (tertiary/aromatic N) is 1. The lowest BCUT2D eigenvalue weighted by Crippen LogP contribution is -2.35. The van der Waals surface area contributed by atoms with Crippen molar-refractivity contribution >= 4 is 33.0 Å². The third-order valence-corrected chi connectivity index (χ3v) is 6.76. The molecule has 0 bridgehead atoms. The maximum atomic E-state index is 12.7. The zero-order chi connectivity index (χ0) is 15.0. The maximum Gasteiger partial charge on any atom is 0.345 e. The fraction of sp³-hybridized carbons (Fsp3) is 0.214. The highest BCUT2D eigenvalue weighted by Gasteiger charge is 2.30. The lowest BCUT2D eigenvalue weighted by molar-refractivity contribution is 0.0702. The Balaban J connectivity index is 2.05. The SMILES string of the molecule is O=C(O)c1ccc(S(=O)(=O)N2CCCc3ccccc32)s1. The van der Waals surface area contributed by atoms with Crippen molar-refractivity contribution in [2.75, 3.05) is 10.8 Å². The van der Waals surface area contributed by atoms with Crippen LogP contribution in [-0.2, 0) is 16.4 Å². The number of fused-ring (bicyclic) bond motifs is 1. The van der Waals surface area contributed by atoms with Crippen LogP contribution in [-0.4, -0.2) is 26.0 Å². The first-order valence-electron chi connectivity index (χ1n) is 6.44. The molecular formula is C14H13NO4S2. The Bertz CT molecular complexity index is 795. The first-order chi connectivity index (χ1) is 10.00. The van der Waals surface area contributed by atoms with Crippen LogP contribution in [0, 0.1) is 0 Å². The summed E-state index contributed by atoms with van der Waals surface area (Å²) in [6, 6.07) is 10.1. The highest BCUT2D eigenvalue weighted by Crippen LogP contribution is 2.33. The molecule has 3 rings (SSSR count). The average molecular weight is 323 g/mol. The molecule has 0 saturated carbocycles. The minimum Gasteiger partial charge on any atom is -0.477 e. The van der Waals surface area contributed by atoms with Crippen LogP contribution in [0.3, 0.4) is 0 Å². The van der Waals surface area contributed by atoms with E-state index >= 15 is 0 Å². The van der Waals surface area contributed by atoms with Crippen LogP contribution in [0.25, 0.3) is 0 Å². The summed E-state index contributed by atoms with van der Waals surface area (Å²) in [6.07, 6.45) is 1.61. The fourth-order valence-electron chi connectivity index (χ4n) is 2.43. The number of rotatable bonds is 3. The second kappa shape index (κ2) is 5.16. The van der Waals surface area contributed by atoms with Crippen LogP contribution in [0.5, 0.6) is 0 Å². The fourth-order valence-corrected chi connectivity index (χ4v) is 5.23. The summed E-state index contributed by atoms with van der Waals surface area (Å²) in [5, 5.41) is 8.93. The molecule has 1 N–H and O–H groups in total. The van der Waals surface area contributed by atoms with E-state index in [1.54, 1.807) is 6.07 Å². The van der Waals surface area contributed by atoms with E-state index in [0.29, 0.717) is 12.2 Å². The predicted molar refractivity (Wildman–Crippen MR) is 80.6 cm³/mol. The zero-order valence-electron chi connectivity index (χ0n) is 11.0. The smallest absolute Gasteiger partial charge is 0.345 e. The molecule has 0 saturated heterocycles. The van der Waals surface area contributed by atoms with E-state index in [2.05, 4.69) is 0 Å². The molecule has 0 radical (unpaired) electrons. The van der Waals surface area contributed by atoms with Gasteiger partial charge in [-0.05, 0) is 36.6 Å². The largest absolute Gasteiger partial charge is 0.477 e. The van der Waals surface area contributed by atoms with Gasteiger partial charge in [-0.1, -0.05) is 18.2 Å². The number of aromatic carboxylic acids is 1. The molecule has 1 aromatic heterocycles. The minimum absolute atomic E-state index is 0.0267. The molecule has 21 heavy (non-hydrogen) atoms. The Morgan fingerprint density at radius 2 is 1.95 bits per heavy atom. The molecule has 1 aliphatic rings. The van der Waals surface area contributed by atoms with E-state index in [1.165, 1.54) is 16.4 Å². The molecule has 1 aliphatic heterocycles. The second-order valence-electron chi connectivity index (χ2n) is 4.73. The Hall–Kier alpha value is -1.86. The number of sulfonamides is 1. The Morgan fingerprint density at radius 1 is 1.19 bits per heavy atom. The van der Waals surface area contributed by atoms with Gasteiger partial charge in [0.05, 0.1) is 5.69 Å². The van der Waals surface area contributed by atoms with Crippen molar-refractivity contribution in [3.63, 3.8) is 0 Å². The Kier molecular flexibility index (Phi) is 3.46. The number of benzene rings is 1. The van der Waals surface area contributed by atoms with Crippen molar-refractivity contribution in [3.8, 4) is 0 Å². The predicted octanol–water partition coefficient (Wildman–Crippen LogP) is 2.59. The number of carbonyl (C=O) groups is 1. The van der Waals surface area contributed by atoms with Gasteiger partial charge in [-0.2, -0.15) is 0 Å². The molecule has 0 fully saturated rings. The van der Waals surface area contributed by atoms with Crippen LogP contribution in [0.1, 0.15) is 21.7 Å². The first-order valence-corrected chi connectivity index (χ1v) is 8.69. The zero-order valence-corrected chi connectivity index (χ0v) is 12.7. The van der Waals surface area contributed by atoms with Gasteiger partial charge >= 0.3 is 5.97 Å². The normalized spacial score (nSPS) is 14.8. The van der Waals surface area contributed by atoms with Crippen molar-refractivity contribution in [3.05, 3.63) is 46.8 Å². The summed E-state index contributed by atoms with van der Waals surface area (Å²) in [5.74, 6) is -1.11. The molecular weight excluding hydrogens is 310 g/mol. The van der Waals surface area contributed by atoms with Crippen LogP contribution in [0.15, 0.2) is 40.6 Å². The summed E-state index contributed by atoms with van der Waals surface area (Å²) in [5.41, 5.74) is 1.69. The highest BCUT2D eigenvalue weighted by atomic mass is 32.2. The summed E-state index contributed by atoms with van der Waals surface area (Å²) in [4.78, 5) is 10.9. The van der Waals surface area contributed by atoms with Gasteiger partial charge in [0, 0.05) is 6.54 Å². The summed E-state index contributed by atoms with van der Waals surface area (Å²) < 4.78 is 26.9. The van der Waals surface area contributed by atoms with E-state index in [0.717, 1.165) is 29.7 Å². The number of carboxylic acids is 1. The van der Waals surface area contributed by atoms with Crippen molar-refractivity contribution in [2.24, 2.45) is 0 Å². The molecule has 0 spiro atoms. The molecule has 5 nitrogen and oxygen atoms in total. The third-order valence-electron chi connectivity index (χ3n) is 3.40. The van der Waals surface area contributed by atoms with Crippen LogP contribution >= 0.6 is 11.3 Å². The lowest BCUT2D eigenvalue weighted by Gasteiger charge is -2.29. The number of hydrogen-bond acceptors (Lipinski definition) is 4. The number of anilines is 1. The van der Waals surface area contributed by atoms with Gasteiger partial charge in [0.1, 0.15) is 9.09 Å². The number of para-hydroxylation sites is 1. The minimum atomic E-state index is -3.70. The maximum absolute atomic E-state index is 12.7. The van der Waals surface area contributed by atoms with Crippen LogP contribution in [0.2, 0.25) is 0 Å². The van der Waals surface area contributed by atoms with Crippen molar-refractivity contribution in [2.45, 2.75) is 17.1 Å². The van der Waals surface area contributed by atoms with E-state index in [-0.39, 0.29) is 9.09 Å². The van der Waals surface area contributed by atoms with Gasteiger partial charge in [0.15, 0.2) is 0 Å². The van der Waals surface area contributed by atoms with Crippen LogP contribution < -0.4 is 4.31 Å². The monoisotopic (exact) mass is 323 g/mol. The average Bonchev–Trinajstić information content (AvgIpc) is 2.97. The van der Waals surface area contributed by atoms with E-state index in [4.69, 9.17) is 5.11 Å². The Labute approximate surface area is 126 Å². The number of hydrogen-bond donors (Lipinski definition) is 1. The van der Waals surface area contributed by atoms with Crippen LogP contribution in [0.4, 0.5) is 5.69 Å². The molecule has 2 heterocycles.